The van der Waals surface area contributed by atoms with Crippen LogP contribution in [0.15, 0.2) is 27.1 Å². The van der Waals surface area contributed by atoms with Crippen LogP contribution in [-0.4, -0.2) is 17.0 Å². The molecule has 1 rings (SSSR count). The normalized spacial score (nSPS) is 12.9. The van der Waals surface area contributed by atoms with Crippen molar-refractivity contribution >= 4 is 49.4 Å². The van der Waals surface area contributed by atoms with E-state index in [1.165, 1.54) is 0 Å². The van der Waals surface area contributed by atoms with Crippen molar-refractivity contribution in [2.24, 2.45) is 11.3 Å². The van der Waals surface area contributed by atoms with E-state index in [9.17, 15) is 14.7 Å². The summed E-state index contributed by atoms with van der Waals surface area (Å²) in [6.45, 7) is 5.17. The van der Waals surface area contributed by atoms with Crippen LogP contribution in [0.4, 0.5) is 5.69 Å². The van der Waals surface area contributed by atoms with Gasteiger partial charge >= 0.3 is 5.97 Å². The Morgan fingerprint density at radius 2 is 1.84 bits per heavy atom. The Bertz CT molecular complexity index is 509. The number of amides is 1. The zero-order valence-corrected chi connectivity index (χ0v) is 14.0. The Balaban J connectivity index is 2.97. The maximum atomic E-state index is 12.1. The highest BCUT2D eigenvalue weighted by Gasteiger charge is 2.37. The smallest absolute Gasteiger partial charge is 0.316 e. The van der Waals surface area contributed by atoms with E-state index >= 15 is 0 Å². The van der Waals surface area contributed by atoms with Crippen LogP contribution in [0.5, 0.6) is 0 Å². The van der Waals surface area contributed by atoms with Gasteiger partial charge in [0.25, 0.3) is 0 Å². The van der Waals surface area contributed by atoms with Crippen LogP contribution in [-0.2, 0) is 9.59 Å². The first-order valence-corrected chi connectivity index (χ1v) is 7.20. The lowest BCUT2D eigenvalue weighted by atomic mass is 9.80. The van der Waals surface area contributed by atoms with Gasteiger partial charge in [0.05, 0.1) is 5.69 Å². The van der Waals surface area contributed by atoms with Gasteiger partial charge in [-0.15, -0.1) is 0 Å². The fourth-order valence-electron chi connectivity index (χ4n) is 1.67. The predicted octanol–water partition coefficient (Wildman–Crippen LogP) is 3.90. The Morgan fingerprint density at radius 3 is 2.26 bits per heavy atom. The molecule has 104 valence electrons. The van der Waals surface area contributed by atoms with E-state index in [0.717, 1.165) is 4.47 Å². The van der Waals surface area contributed by atoms with E-state index in [1.807, 2.05) is 0 Å². The monoisotopic (exact) mass is 391 g/mol. The molecule has 0 aromatic heterocycles. The number of hydrogen-bond donors (Lipinski definition) is 2. The Hall–Kier alpha value is -0.880. The Labute approximate surface area is 128 Å². The molecule has 0 aliphatic rings. The van der Waals surface area contributed by atoms with Gasteiger partial charge in [0.15, 0.2) is 0 Å². The highest BCUT2D eigenvalue weighted by atomic mass is 79.9. The van der Waals surface area contributed by atoms with Gasteiger partial charge < -0.3 is 10.4 Å². The summed E-state index contributed by atoms with van der Waals surface area (Å²) in [4.78, 5) is 23.4. The van der Waals surface area contributed by atoms with Crippen molar-refractivity contribution in [3.8, 4) is 0 Å². The molecule has 0 heterocycles. The third-order valence-electron chi connectivity index (χ3n) is 2.56. The molecule has 1 unspecified atom stereocenters. The molecule has 0 saturated heterocycles. The molecule has 0 saturated carbocycles. The van der Waals surface area contributed by atoms with Crippen molar-refractivity contribution in [2.75, 3.05) is 5.32 Å². The molecule has 19 heavy (non-hydrogen) atoms. The first kappa shape index (κ1) is 16.2. The lowest BCUT2D eigenvalue weighted by molar-refractivity contribution is -0.149. The minimum absolute atomic E-state index is 0.525. The quantitative estimate of drug-likeness (QED) is 0.766. The zero-order chi connectivity index (χ0) is 14.8. The number of carboxylic acid groups (broad SMARTS) is 1. The van der Waals surface area contributed by atoms with Crippen LogP contribution < -0.4 is 5.32 Å². The van der Waals surface area contributed by atoms with Gasteiger partial charge in [-0.25, -0.2) is 0 Å². The van der Waals surface area contributed by atoms with E-state index in [0.29, 0.717) is 10.2 Å². The van der Waals surface area contributed by atoms with Crippen LogP contribution >= 0.6 is 31.9 Å². The molecule has 1 atom stereocenters. The second-order valence-electron chi connectivity index (χ2n) is 5.25. The molecule has 0 fully saturated rings. The van der Waals surface area contributed by atoms with Gasteiger partial charge in [0.2, 0.25) is 5.91 Å². The van der Waals surface area contributed by atoms with Crippen molar-refractivity contribution in [1.29, 1.82) is 0 Å². The fraction of sp³-hybridized carbons (Fsp3) is 0.385. The number of aliphatic carboxylic acids is 1. The molecule has 6 heteroatoms. The van der Waals surface area contributed by atoms with E-state index in [1.54, 1.807) is 39.0 Å². The Kier molecular flexibility index (Phi) is 5.15. The van der Waals surface area contributed by atoms with E-state index in [2.05, 4.69) is 37.2 Å². The summed E-state index contributed by atoms with van der Waals surface area (Å²) in [5, 5.41) is 11.8. The lowest BCUT2D eigenvalue weighted by Gasteiger charge is -2.26. The van der Waals surface area contributed by atoms with Crippen molar-refractivity contribution in [3.05, 3.63) is 27.1 Å². The molecular formula is C13H15Br2NO3. The summed E-state index contributed by atoms with van der Waals surface area (Å²) in [7, 11) is 0. The molecule has 0 radical (unpaired) electrons. The summed E-state index contributed by atoms with van der Waals surface area (Å²) < 4.78 is 1.55. The topological polar surface area (TPSA) is 66.4 Å². The van der Waals surface area contributed by atoms with E-state index in [4.69, 9.17) is 0 Å². The highest BCUT2D eigenvalue weighted by Crippen LogP contribution is 2.30. The Morgan fingerprint density at radius 1 is 1.26 bits per heavy atom. The van der Waals surface area contributed by atoms with Crippen LogP contribution in [0, 0.1) is 11.3 Å². The van der Waals surface area contributed by atoms with Crippen molar-refractivity contribution in [3.63, 3.8) is 0 Å². The molecule has 4 nitrogen and oxygen atoms in total. The van der Waals surface area contributed by atoms with Crippen LogP contribution in [0.25, 0.3) is 0 Å². The first-order chi connectivity index (χ1) is 8.62. The SMILES string of the molecule is CC(C)(C)C(C(=O)O)C(=O)Nc1ccc(Br)cc1Br. The number of carboxylic acids is 1. The lowest BCUT2D eigenvalue weighted by Crippen LogP contribution is -2.39. The number of rotatable bonds is 3. The van der Waals surface area contributed by atoms with Gasteiger partial charge in [-0.3, -0.25) is 9.59 Å². The number of nitrogens with one attached hydrogen (secondary N) is 1. The summed E-state index contributed by atoms with van der Waals surface area (Å²) in [6.07, 6.45) is 0. The summed E-state index contributed by atoms with van der Waals surface area (Å²) in [6, 6.07) is 5.25. The number of anilines is 1. The molecule has 2 N–H and O–H groups in total. The molecule has 0 aliphatic carbocycles. The highest BCUT2D eigenvalue weighted by molar-refractivity contribution is 9.11. The fourth-order valence-corrected chi connectivity index (χ4v) is 2.82. The largest absolute Gasteiger partial charge is 0.481 e. The third-order valence-corrected chi connectivity index (χ3v) is 3.71. The molecular weight excluding hydrogens is 378 g/mol. The molecule has 1 aromatic carbocycles. The zero-order valence-electron chi connectivity index (χ0n) is 10.8. The number of hydrogen-bond acceptors (Lipinski definition) is 2. The van der Waals surface area contributed by atoms with Gasteiger partial charge in [-0.05, 0) is 39.5 Å². The molecule has 1 amide bonds. The van der Waals surface area contributed by atoms with Crippen molar-refractivity contribution < 1.29 is 14.7 Å². The number of benzene rings is 1. The van der Waals surface area contributed by atoms with E-state index in [-0.39, 0.29) is 0 Å². The van der Waals surface area contributed by atoms with Gasteiger partial charge in [-0.2, -0.15) is 0 Å². The molecule has 0 bridgehead atoms. The predicted molar refractivity (Wildman–Crippen MR) is 81.1 cm³/mol. The second-order valence-corrected chi connectivity index (χ2v) is 7.02. The number of carbonyl (C=O) groups excluding carboxylic acids is 1. The maximum absolute atomic E-state index is 12.1. The van der Waals surface area contributed by atoms with Gasteiger partial charge in [0, 0.05) is 8.95 Å². The van der Waals surface area contributed by atoms with E-state index < -0.39 is 23.2 Å². The summed E-state index contributed by atoms with van der Waals surface area (Å²) in [5.74, 6) is -2.76. The minimum atomic E-state index is -1.13. The van der Waals surface area contributed by atoms with Crippen LogP contribution in [0.2, 0.25) is 0 Å². The standard InChI is InChI=1S/C13H15Br2NO3/c1-13(2,3)10(12(18)19)11(17)16-9-5-4-7(14)6-8(9)15/h4-6,10H,1-3H3,(H,16,17)(H,18,19). The molecule has 0 aliphatic heterocycles. The number of halogens is 2. The number of carbonyl (C=O) groups is 2. The van der Waals surface area contributed by atoms with Crippen LogP contribution in [0.1, 0.15) is 20.8 Å². The average Bonchev–Trinajstić information content (AvgIpc) is 2.19. The minimum Gasteiger partial charge on any atom is -0.481 e. The third kappa shape index (κ3) is 4.31. The summed E-state index contributed by atoms with van der Waals surface area (Å²) in [5.41, 5.74) is -0.110. The van der Waals surface area contributed by atoms with Gasteiger partial charge in [-0.1, -0.05) is 36.7 Å². The summed E-state index contributed by atoms with van der Waals surface area (Å²) >= 11 is 6.63. The van der Waals surface area contributed by atoms with Crippen LogP contribution in [0.3, 0.4) is 0 Å². The second kappa shape index (κ2) is 6.05. The maximum Gasteiger partial charge on any atom is 0.316 e. The first-order valence-electron chi connectivity index (χ1n) is 5.61. The molecule has 0 spiro atoms. The van der Waals surface area contributed by atoms with Crippen molar-refractivity contribution in [2.45, 2.75) is 20.8 Å². The van der Waals surface area contributed by atoms with Gasteiger partial charge in [0.1, 0.15) is 5.92 Å². The average molecular weight is 393 g/mol. The van der Waals surface area contributed by atoms with Crippen molar-refractivity contribution in [1.82, 2.24) is 0 Å². The molecule has 1 aromatic rings.